The summed E-state index contributed by atoms with van der Waals surface area (Å²) in [5, 5.41) is 0. The predicted molar refractivity (Wildman–Crippen MR) is 80.8 cm³/mol. The summed E-state index contributed by atoms with van der Waals surface area (Å²) >= 11 is 0. The van der Waals surface area contributed by atoms with Crippen molar-refractivity contribution >= 4 is 11.7 Å². The van der Waals surface area contributed by atoms with E-state index >= 15 is 0 Å². The number of Topliss-reactive ketones (excluding diaryl/α,β-unsaturated/α-hetero) is 1. The van der Waals surface area contributed by atoms with E-state index in [0.29, 0.717) is 5.56 Å². The Morgan fingerprint density at radius 3 is 2.40 bits per heavy atom. The van der Waals surface area contributed by atoms with Gasteiger partial charge in [-0.15, -0.1) is 0 Å². The zero-order chi connectivity index (χ0) is 15.1. The maximum Gasteiger partial charge on any atom is 0.231 e. The van der Waals surface area contributed by atoms with Crippen LogP contribution in [0.25, 0.3) is 0 Å². The number of rotatable bonds is 8. The van der Waals surface area contributed by atoms with Crippen molar-refractivity contribution in [3.8, 4) is 0 Å². The van der Waals surface area contributed by atoms with Crippen molar-refractivity contribution in [2.75, 3.05) is 19.6 Å². The van der Waals surface area contributed by atoms with Crippen molar-refractivity contribution in [3.63, 3.8) is 0 Å². The molecule has 0 spiro atoms. The molecule has 0 unspecified atom stereocenters. The topological polar surface area (TPSA) is 63.4 Å². The quantitative estimate of drug-likeness (QED) is 0.739. The predicted octanol–water partition coefficient (Wildman–Crippen LogP) is 2.07. The molecular formula is C16H24N2O2. The van der Waals surface area contributed by atoms with Gasteiger partial charge in [-0.25, -0.2) is 0 Å². The molecule has 0 radical (unpaired) electrons. The van der Waals surface area contributed by atoms with Crippen LogP contribution in [0.3, 0.4) is 0 Å². The third-order valence-corrected chi connectivity index (χ3v) is 3.40. The van der Waals surface area contributed by atoms with Crippen LogP contribution in [0.5, 0.6) is 0 Å². The Morgan fingerprint density at radius 2 is 1.85 bits per heavy atom. The fourth-order valence-electron chi connectivity index (χ4n) is 2.03. The van der Waals surface area contributed by atoms with Gasteiger partial charge in [0.15, 0.2) is 5.78 Å². The van der Waals surface area contributed by atoms with E-state index < -0.39 is 5.91 Å². The third kappa shape index (κ3) is 5.13. The van der Waals surface area contributed by atoms with Crippen LogP contribution in [0.15, 0.2) is 18.2 Å². The molecule has 0 heterocycles. The molecule has 0 aromatic heterocycles. The second kappa shape index (κ2) is 7.80. The van der Waals surface area contributed by atoms with Crippen molar-refractivity contribution in [1.29, 1.82) is 0 Å². The highest BCUT2D eigenvalue weighted by Gasteiger charge is 2.14. The van der Waals surface area contributed by atoms with Gasteiger partial charge in [-0.05, 0) is 44.0 Å². The zero-order valence-electron chi connectivity index (χ0n) is 12.6. The van der Waals surface area contributed by atoms with Crippen LogP contribution >= 0.6 is 0 Å². The molecule has 0 saturated carbocycles. The van der Waals surface area contributed by atoms with Crippen LogP contribution in [0, 0.1) is 13.8 Å². The molecule has 1 rings (SSSR count). The molecule has 20 heavy (non-hydrogen) atoms. The van der Waals surface area contributed by atoms with Crippen LogP contribution in [-0.2, 0) is 4.79 Å². The molecule has 0 saturated heterocycles. The summed E-state index contributed by atoms with van der Waals surface area (Å²) in [6, 6.07) is 5.69. The number of aryl methyl sites for hydroxylation is 2. The normalized spacial score (nSPS) is 10.8. The average molecular weight is 276 g/mol. The van der Waals surface area contributed by atoms with Crippen molar-refractivity contribution in [2.24, 2.45) is 5.73 Å². The molecule has 0 fully saturated rings. The number of benzene rings is 1. The molecule has 2 N–H and O–H groups in total. The van der Waals surface area contributed by atoms with E-state index in [1.165, 1.54) is 5.56 Å². The van der Waals surface area contributed by atoms with Gasteiger partial charge in [0.25, 0.3) is 0 Å². The van der Waals surface area contributed by atoms with Crippen LogP contribution in [0.1, 0.15) is 41.3 Å². The molecule has 1 amide bonds. The summed E-state index contributed by atoms with van der Waals surface area (Å²) in [6.45, 7) is 7.18. The zero-order valence-corrected chi connectivity index (χ0v) is 12.6. The number of hydrogen-bond donors (Lipinski definition) is 1. The average Bonchev–Trinajstić information content (AvgIpc) is 2.38. The number of carbonyl (C=O) groups excluding carboxylic acids is 2. The Labute approximate surface area is 121 Å². The monoisotopic (exact) mass is 276 g/mol. The van der Waals surface area contributed by atoms with Gasteiger partial charge < -0.3 is 5.73 Å². The van der Waals surface area contributed by atoms with E-state index in [1.54, 1.807) is 0 Å². The third-order valence-electron chi connectivity index (χ3n) is 3.40. The number of ketones is 1. The minimum Gasteiger partial charge on any atom is -0.369 e. The largest absolute Gasteiger partial charge is 0.369 e. The lowest BCUT2D eigenvalue weighted by Gasteiger charge is -2.19. The first-order chi connectivity index (χ1) is 9.43. The number of nitrogens with two attached hydrogens (primary N) is 1. The molecule has 110 valence electrons. The Bertz CT molecular complexity index is 483. The van der Waals surface area contributed by atoms with Crippen LogP contribution < -0.4 is 5.73 Å². The molecular weight excluding hydrogens is 252 g/mol. The number of carbonyl (C=O) groups is 2. The Balaban J connectivity index is 2.73. The van der Waals surface area contributed by atoms with Gasteiger partial charge in [0.05, 0.1) is 13.1 Å². The highest BCUT2D eigenvalue weighted by molar-refractivity contribution is 5.98. The van der Waals surface area contributed by atoms with Gasteiger partial charge in [0.1, 0.15) is 0 Å². The fourth-order valence-corrected chi connectivity index (χ4v) is 2.03. The molecule has 1 aromatic carbocycles. The lowest BCUT2D eigenvalue weighted by molar-refractivity contribution is -0.119. The van der Waals surface area contributed by atoms with E-state index in [-0.39, 0.29) is 18.9 Å². The molecule has 0 aliphatic carbocycles. The van der Waals surface area contributed by atoms with Gasteiger partial charge in [-0.2, -0.15) is 0 Å². The van der Waals surface area contributed by atoms with Crippen LogP contribution in [0.2, 0.25) is 0 Å². The Hall–Kier alpha value is -1.68. The Morgan fingerprint density at radius 1 is 1.15 bits per heavy atom. The van der Waals surface area contributed by atoms with E-state index in [9.17, 15) is 9.59 Å². The number of primary amides is 1. The smallest absolute Gasteiger partial charge is 0.231 e. The maximum absolute atomic E-state index is 12.3. The number of nitrogens with zero attached hydrogens (tertiary/aromatic N) is 1. The number of unbranched alkanes of at least 4 members (excludes halogenated alkanes) is 1. The van der Waals surface area contributed by atoms with E-state index in [4.69, 9.17) is 5.73 Å². The Kier molecular flexibility index (Phi) is 6.39. The number of amides is 1. The molecule has 0 aliphatic heterocycles. The summed E-state index contributed by atoms with van der Waals surface area (Å²) in [5.41, 5.74) is 8.20. The molecule has 1 aromatic rings. The standard InChI is InChI=1S/C16H24N2O2/c1-4-5-8-18(11-16(17)20)10-15(19)14-7-6-12(2)13(3)9-14/h6-7,9H,4-5,8,10-11H2,1-3H3,(H2,17,20). The number of hydrogen-bond acceptors (Lipinski definition) is 3. The lowest BCUT2D eigenvalue weighted by atomic mass is 10.0. The van der Waals surface area contributed by atoms with E-state index in [2.05, 4.69) is 6.92 Å². The van der Waals surface area contributed by atoms with E-state index in [0.717, 1.165) is 24.9 Å². The summed E-state index contributed by atoms with van der Waals surface area (Å²) in [7, 11) is 0. The first kappa shape index (κ1) is 16.4. The van der Waals surface area contributed by atoms with Crippen molar-refractivity contribution < 1.29 is 9.59 Å². The van der Waals surface area contributed by atoms with Crippen LogP contribution in [0.4, 0.5) is 0 Å². The molecule has 0 bridgehead atoms. The van der Waals surface area contributed by atoms with Gasteiger partial charge in [0, 0.05) is 5.56 Å². The summed E-state index contributed by atoms with van der Waals surface area (Å²) < 4.78 is 0. The minimum atomic E-state index is -0.394. The molecule has 4 heteroatoms. The first-order valence-electron chi connectivity index (χ1n) is 7.05. The second-order valence-electron chi connectivity index (χ2n) is 5.25. The second-order valence-corrected chi connectivity index (χ2v) is 5.25. The molecule has 4 nitrogen and oxygen atoms in total. The maximum atomic E-state index is 12.3. The fraction of sp³-hybridized carbons (Fsp3) is 0.500. The summed E-state index contributed by atoms with van der Waals surface area (Å²) in [6.07, 6.45) is 1.97. The van der Waals surface area contributed by atoms with Crippen molar-refractivity contribution in [1.82, 2.24) is 4.90 Å². The highest BCUT2D eigenvalue weighted by atomic mass is 16.1. The van der Waals surface area contributed by atoms with Gasteiger partial charge in [-0.1, -0.05) is 25.5 Å². The highest BCUT2D eigenvalue weighted by Crippen LogP contribution is 2.11. The van der Waals surface area contributed by atoms with E-state index in [1.807, 2.05) is 36.9 Å². The first-order valence-corrected chi connectivity index (χ1v) is 7.05. The van der Waals surface area contributed by atoms with Crippen molar-refractivity contribution in [2.45, 2.75) is 33.6 Å². The van der Waals surface area contributed by atoms with Crippen LogP contribution in [-0.4, -0.2) is 36.2 Å². The lowest BCUT2D eigenvalue weighted by Crippen LogP contribution is -2.38. The SMILES string of the molecule is CCCCN(CC(N)=O)CC(=O)c1ccc(C)c(C)c1. The summed E-state index contributed by atoms with van der Waals surface area (Å²) in [5.74, 6) is -0.362. The molecule has 0 atom stereocenters. The van der Waals surface area contributed by atoms with Gasteiger partial charge in [0.2, 0.25) is 5.91 Å². The summed E-state index contributed by atoms with van der Waals surface area (Å²) in [4.78, 5) is 25.2. The molecule has 0 aliphatic rings. The van der Waals surface area contributed by atoms with Gasteiger partial charge >= 0.3 is 0 Å². The van der Waals surface area contributed by atoms with Gasteiger partial charge in [-0.3, -0.25) is 14.5 Å². The van der Waals surface area contributed by atoms with Crippen molar-refractivity contribution in [3.05, 3.63) is 34.9 Å². The minimum absolute atomic E-state index is 0.0328.